The second-order valence-corrected chi connectivity index (χ2v) is 9.37. The lowest BCUT2D eigenvalue weighted by Gasteiger charge is -2.15. The van der Waals surface area contributed by atoms with E-state index in [1.807, 2.05) is 0 Å². The number of carbonyl (C=O) groups is 1. The predicted octanol–water partition coefficient (Wildman–Crippen LogP) is 4.95. The van der Waals surface area contributed by atoms with E-state index in [1.54, 1.807) is 51.1 Å². The minimum Gasteiger partial charge on any atom is -0.344 e. The molecule has 0 bridgehead atoms. The van der Waals surface area contributed by atoms with E-state index in [4.69, 9.17) is 0 Å². The Balaban J connectivity index is 1.34. The molecule has 42 heavy (non-hydrogen) atoms. The summed E-state index contributed by atoms with van der Waals surface area (Å²) < 4.78 is 43.6. The Kier molecular flexibility index (Phi) is 7.74. The number of aromatic amines is 1. The molecule has 0 aliphatic carbocycles. The molecule has 212 valence electrons. The summed E-state index contributed by atoms with van der Waals surface area (Å²) in [5.74, 6) is -4.25. The number of hydrogen-bond acceptors (Lipinski definition) is 8. The summed E-state index contributed by atoms with van der Waals surface area (Å²) in [5, 5.41) is 5.51. The van der Waals surface area contributed by atoms with Gasteiger partial charge in [0, 0.05) is 53.4 Å². The van der Waals surface area contributed by atoms with Gasteiger partial charge >= 0.3 is 0 Å². The van der Waals surface area contributed by atoms with Crippen LogP contribution >= 0.6 is 0 Å². The molecule has 0 spiro atoms. The standard InChI is InChI=1S/C29H23F3N8O2/c1-14-10-23(39-18-8-9-33-24(41)11-18)40-28(36-14)20-13-35-27(26(32)25(20)31)29(42)38-15(2)17-4-6-21(34-12-17)19-5-7-22(30)37-16(19)3/h4-13,15H,1-3H3,(H,38,42)(H2,33,36,39,40,41). The number of anilines is 2. The summed E-state index contributed by atoms with van der Waals surface area (Å²) in [6, 6.07) is 10.0. The number of nitrogens with zero attached hydrogens (tertiary/aromatic N) is 5. The summed E-state index contributed by atoms with van der Waals surface area (Å²) in [5.41, 5.74) is 1.71. The Hall–Kier alpha value is -5.46. The van der Waals surface area contributed by atoms with Gasteiger partial charge in [0.1, 0.15) is 5.82 Å². The first kappa shape index (κ1) is 28.1. The summed E-state index contributed by atoms with van der Waals surface area (Å²) in [4.78, 5) is 47.3. The lowest BCUT2D eigenvalue weighted by molar-refractivity contribution is 0.0929. The highest BCUT2D eigenvalue weighted by Gasteiger charge is 2.24. The Morgan fingerprint density at radius 1 is 0.905 bits per heavy atom. The van der Waals surface area contributed by atoms with Gasteiger partial charge in [-0.2, -0.15) is 4.39 Å². The van der Waals surface area contributed by atoms with Gasteiger partial charge in [0.2, 0.25) is 11.5 Å². The third-order valence-corrected chi connectivity index (χ3v) is 6.28. The normalized spacial score (nSPS) is 11.7. The van der Waals surface area contributed by atoms with Gasteiger partial charge in [-0.15, -0.1) is 0 Å². The van der Waals surface area contributed by atoms with Crippen LogP contribution in [0.2, 0.25) is 0 Å². The molecule has 1 amide bonds. The molecule has 0 aliphatic rings. The number of halogens is 3. The van der Waals surface area contributed by atoms with Gasteiger partial charge in [0.15, 0.2) is 23.2 Å². The molecule has 0 saturated carbocycles. The molecule has 0 fully saturated rings. The molecule has 5 rings (SSSR count). The number of aryl methyl sites for hydroxylation is 2. The first-order valence-corrected chi connectivity index (χ1v) is 12.6. The van der Waals surface area contributed by atoms with Crippen molar-refractivity contribution in [2.45, 2.75) is 26.8 Å². The van der Waals surface area contributed by atoms with E-state index in [9.17, 15) is 14.0 Å². The number of pyridine rings is 4. The van der Waals surface area contributed by atoms with Crippen molar-refractivity contribution in [1.29, 1.82) is 0 Å². The van der Waals surface area contributed by atoms with Gasteiger partial charge in [-0.05, 0) is 50.6 Å². The zero-order chi connectivity index (χ0) is 30.0. The predicted molar refractivity (Wildman–Crippen MR) is 148 cm³/mol. The lowest BCUT2D eigenvalue weighted by Crippen LogP contribution is -2.29. The highest BCUT2D eigenvalue weighted by Crippen LogP contribution is 2.26. The van der Waals surface area contributed by atoms with Crippen molar-refractivity contribution in [2.75, 3.05) is 5.32 Å². The van der Waals surface area contributed by atoms with Crippen LogP contribution in [-0.4, -0.2) is 35.8 Å². The van der Waals surface area contributed by atoms with Crippen molar-refractivity contribution >= 4 is 17.4 Å². The smallest absolute Gasteiger partial charge is 0.273 e. The number of amides is 1. The number of aromatic nitrogens is 6. The van der Waals surface area contributed by atoms with E-state index in [-0.39, 0.29) is 22.8 Å². The quantitative estimate of drug-likeness (QED) is 0.233. The fraction of sp³-hybridized carbons (Fsp3) is 0.138. The van der Waals surface area contributed by atoms with Crippen LogP contribution in [-0.2, 0) is 0 Å². The molecule has 0 saturated heterocycles. The van der Waals surface area contributed by atoms with E-state index >= 15 is 8.78 Å². The van der Waals surface area contributed by atoms with Crippen molar-refractivity contribution in [3.8, 4) is 22.6 Å². The molecule has 5 aromatic rings. The molecule has 0 aliphatic heterocycles. The third-order valence-electron chi connectivity index (χ3n) is 6.28. The number of H-pyrrole nitrogens is 1. The SMILES string of the molecule is Cc1cc(Nc2cc[nH]c(=O)c2)nc(-c2cnc(C(=O)NC(C)c3ccc(-c4ccc(F)nc4C)nc3)c(F)c2F)n1. The fourth-order valence-electron chi connectivity index (χ4n) is 4.17. The van der Waals surface area contributed by atoms with Crippen LogP contribution in [0.4, 0.5) is 24.7 Å². The number of nitrogens with one attached hydrogen (secondary N) is 3. The van der Waals surface area contributed by atoms with E-state index < -0.39 is 35.2 Å². The van der Waals surface area contributed by atoms with Crippen molar-refractivity contribution < 1.29 is 18.0 Å². The van der Waals surface area contributed by atoms with Crippen molar-refractivity contribution in [3.05, 3.63) is 112 Å². The van der Waals surface area contributed by atoms with Crippen LogP contribution in [0.1, 0.15) is 40.4 Å². The molecule has 10 nitrogen and oxygen atoms in total. The molecule has 0 aromatic carbocycles. The maximum atomic E-state index is 15.2. The molecule has 1 atom stereocenters. The zero-order valence-electron chi connectivity index (χ0n) is 22.5. The Bertz CT molecular complexity index is 1860. The van der Waals surface area contributed by atoms with Crippen LogP contribution in [0.3, 0.4) is 0 Å². The molecule has 0 radical (unpaired) electrons. The Morgan fingerprint density at radius 2 is 1.71 bits per heavy atom. The molecular weight excluding hydrogens is 549 g/mol. The molecule has 5 aromatic heterocycles. The van der Waals surface area contributed by atoms with Crippen molar-refractivity contribution in [2.24, 2.45) is 0 Å². The minimum atomic E-state index is -1.46. The van der Waals surface area contributed by atoms with Crippen LogP contribution in [0, 0.1) is 31.4 Å². The van der Waals surface area contributed by atoms with Crippen LogP contribution < -0.4 is 16.2 Å². The van der Waals surface area contributed by atoms with Crippen molar-refractivity contribution in [1.82, 2.24) is 35.2 Å². The van der Waals surface area contributed by atoms with E-state index in [2.05, 4.69) is 40.5 Å². The highest BCUT2D eigenvalue weighted by atomic mass is 19.2. The second kappa shape index (κ2) is 11.6. The van der Waals surface area contributed by atoms with Gasteiger partial charge in [-0.1, -0.05) is 6.07 Å². The van der Waals surface area contributed by atoms with Crippen LogP contribution in [0.25, 0.3) is 22.6 Å². The lowest BCUT2D eigenvalue weighted by atomic mass is 10.1. The maximum Gasteiger partial charge on any atom is 0.273 e. The number of rotatable bonds is 7. The average molecular weight is 573 g/mol. The van der Waals surface area contributed by atoms with Gasteiger partial charge in [-0.25, -0.2) is 28.7 Å². The van der Waals surface area contributed by atoms with Crippen LogP contribution in [0.15, 0.2) is 65.8 Å². The zero-order valence-corrected chi connectivity index (χ0v) is 22.5. The third kappa shape index (κ3) is 5.99. The first-order chi connectivity index (χ1) is 20.1. The van der Waals surface area contributed by atoms with E-state index in [0.29, 0.717) is 33.9 Å². The molecular formula is C29H23F3N8O2. The Morgan fingerprint density at radius 3 is 2.43 bits per heavy atom. The number of carbonyl (C=O) groups excluding carboxylic acids is 1. The topological polar surface area (TPSA) is 138 Å². The molecule has 5 heterocycles. The fourth-order valence-corrected chi connectivity index (χ4v) is 4.17. The summed E-state index contributed by atoms with van der Waals surface area (Å²) in [6.07, 6.45) is 3.95. The average Bonchev–Trinajstić information content (AvgIpc) is 2.94. The second-order valence-electron chi connectivity index (χ2n) is 9.37. The van der Waals surface area contributed by atoms with Gasteiger partial charge in [0.25, 0.3) is 5.91 Å². The van der Waals surface area contributed by atoms with Gasteiger partial charge in [0.05, 0.1) is 17.3 Å². The molecule has 1 unspecified atom stereocenters. The molecule has 13 heteroatoms. The van der Waals surface area contributed by atoms with E-state index in [0.717, 1.165) is 6.20 Å². The first-order valence-electron chi connectivity index (χ1n) is 12.6. The van der Waals surface area contributed by atoms with Crippen molar-refractivity contribution in [3.63, 3.8) is 0 Å². The highest BCUT2D eigenvalue weighted by molar-refractivity contribution is 5.93. The van der Waals surface area contributed by atoms with Crippen LogP contribution in [0.5, 0.6) is 0 Å². The number of hydrogen-bond donors (Lipinski definition) is 3. The largest absolute Gasteiger partial charge is 0.344 e. The minimum absolute atomic E-state index is 0.163. The van der Waals surface area contributed by atoms with Gasteiger partial charge < -0.3 is 15.6 Å². The summed E-state index contributed by atoms with van der Waals surface area (Å²) in [7, 11) is 0. The summed E-state index contributed by atoms with van der Waals surface area (Å²) >= 11 is 0. The molecule has 3 N–H and O–H groups in total. The van der Waals surface area contributed by atoms with Gasteiger partial charge in [-0.3, -0.25) is 14.6 Å². The Labute approximate surface area is 237 Å². The summed E-state index contributed by atoms with van der Waals surface area (Å²) in [6.45, 7) is 4.95. The maximum absolute atomic E-state index is 15.2. The monoisotopic (exact) mass is 572 g/mol. The van der Waals surface area contributed by atoms with E-state index in [1.165, 1.54) is 24.5 Å².